The van der Waals surface area contributed by atoms with Crippen LogP contribution in [-0.4, -0.2) is 33.1 Å². The van der Waals surface area contributed by atoms with E-state index in [2.05, 4.69) is 10.3 Å². The minimum absolute atomic E-state index is 0.0238. The number of hydrogen-bond donors (Lipinski definition) is 3. The number of halogens is 2. The van der Waals surface area contributed by atoms with E-state index in [0.29, 0.717) is 45.9 Å². The zero-order valence-electron chi connectivity index (χ0n) is 16.2. The van der Waals surface area contributed by atoms with E-state index in [1.165, 1.54) is 24.3 Å². The molecular formula is C23H17F2N3O3. The van der Waals surface area contributed by atoms with Crippen molar-refractivity contribution in [3.05, 3.63) is 71.6 Å². The van der Waals surface area contributed by atoms with Gasteiger partial charge < -0.3 is 14.7 Å². The number of aromatic amines is 1. The van der Waals surface area contributed by atoms with Crippen LogP contribution in [0, 0.1) is 11.6 Å². The Morgan fingerprint density at radius 2 is 1.58 bits per heavy atom. The van der Waals surface area contributed by atoms with Crippen LogP contribution < -0.4 is 5.32 Å². The lowest BCUT2D eigenvalue weighted by Gasteiger charge is -2.03. The van der Waals surface area contributed by atoms with Gasteiger partial charge in [-0.3, -0.25) is 14.9 Å². The summed E-state index contributed by atoms with van der Waals surface area (Å²) in [4.78, 5) is 28.6. The van der Waals surface area contributed by atoms with Crippen LogP contribution in [0.2, 0.25) is 0 Å². The van der Waals surface area contributed by atoms with Crippen molar-refractivity contribution in [3.8, 4) is 0 Å². The fourth-order valence-electron chi connectivity index (χ4n) is 4.16. The van der Waals surface area contributed by atoms with Crippen molar-refractivity contribution in [2.75, 3.05) is 6.61 Å². The molecular weight excluding hydrogens is 404 g/mol. The molecule has 6 nitrogen and oxygen atoms in total. The molecule has 0 radical (unpaired) electrons. The highest BCUT2D eigenvalue weighted by Gasteiger charge is 2.35. The first kappa shape index (κ1) is 19.2. The number of hydrogen-bond acceptors (Lipinski definition) is 3. The quantitative estimate of drug-likeness (QED) is 0.432. The van der Waals surface area contributed by atoms with Crippen LogP contribution in [0.1, 0.15) is 17.5 Å². The Hall–Kier alpha value is -3.78. The molecule has 1 aliphatic rings. The number of aromatic nitrogens is 2. The Morgan fingerprint density at radius 1 is 0.903 bits per heavy atom. The van der Waals surface area contributed by atoms with E-state index in [1.807, 2.05) is 4.57 Å². The summed E-state index contributed by atoms with van der Waals surface area (Å²) in [5.41, 5.74) is 2.29. The molecule has 0 atom stereocenters. The van der Waals surface area contributed by atoms with Crippen LogP contribution in [0.15, 0.2) is 48.8 Å². The molecule has 0 spiro atoms. The molecule has 3 N–H and O–H groups in total. The first-order chi connectivity index (χ1) is 15.0. The molecule has 5 rings (SSSR count). The molecule has 0 saturated heterocycles. The standard InChI is InChI=1S/C23H17F2N3O3/c24-12-2-4-18-14(8-12)16(10-26-18)20-21(23(31)27-22(20)30)17-11-28(6-1-7-29)19-5-3-13(25)9-15(17)19/h2-5,8-11,26,29H,1,6-7H2,(H,27,30,31). The van der Waals surface area contributed by atoms with Crippen molar-refractivity contribution in [1.29, 1.82) is 0 Å². The second kappa shape index (κ2) is 7.17. The summed E-state index contributed by atoms with van der Waals surface area (Å²) >= 11 is 0. The number of rotatable bonds is 5. The van der Waals surface area contributed by atoms with Crippen LogP contribution in [0.3, 0.4) is 0 Å². The lowest BCUT2D eigenvalue weighted by molar-refractivity contribution is -0.122. The third-order valence-electron chi connectivity index (χ3n) is 5.51. The Labute approximate surface area is 174 Å². The van der Waals surface area contributed by atoms with E-state index in [-0.39, 0.29) is 17.8 Å². The van der Waals surface area contributed by atoms with E-state index in [0.717, 1.165) is 0 Å². The summed E-state index contributed by atoms with van der Waals surface area (Å²) in [6, 6.07) is 8.39. The number of aryl methyl sites for hydroxylation is 1. The second-order valence-corrected chi connectivity index (χ2v) is 7.40. The third-order valence-corrected chi connectivity index (χ3v) is 5.51. The van der Waals surface area contributed by atoms with Gasteiger partial charge >= 0.3 is 0 Å². The molecule has 31 heavy (non-hydrogen) atoms. The maximum absolute atomic E-state index is 14.1. The van der Waals surface area contributed by atoms with Crippen LogP contribution in [0.5, 0.6) is 0 Å². The molecule has 0 bridgehead atoms. The summed E-state index contributed by atoms with van der Waals surface area (Å²) in [6.07, 6.45) is 3.71. The summed E-state index contributed by atoms with van der Waals surface area (Å²) in [6.45, 7) is 0.430. The lowest BCUT2D eigenvalue weighted by Crippen LogP contribution is -2.22. The van der Waals surface area contributed by atoms with Gasteiger partial charge in [-0.05, 0) is 42.8 Å². The summed E-state index contributed by atoms with van der Waals surface area (Å²) in [7, 11) is 0. The number of carbonyl (C=O) groups is 2. The van der Waals surface area contributed by atoms with Crippen molar-refractivity contribution in [1.82, 2.24) is 14.9 Å². The Morgan fingerprint density at radius 3 is 2.32 bits per heavy atom. The van der Waals surface area contributed by atoms with Crippen LogP contribution >= 0.6 is 0 Å². The van der Waals surface area contributed by atoms with Crippen molar-refractivity contribution in [2.45, 2.75) is 13.0 Å². The first-order valence-electron chi connectivity index (χ1n) is 9.74. The number of aliphatic hydroxyl groups is 1. The van der Waals surface area contributed by atoms with E-state index in [4.69, 9.17) is 0 Å². The van der Waals surface area contributed by atoms with Crippen LogP contribution in [0.4, 0.5) is 8.78 Å². The monoisotopic (exact) mass is 421 g/mol. The van der Waals surface area contributed by atoms with E-state index in [1.54, 1.807) is 24.5 Å². The largest absolute Gasteiger partial charge is 0.396 e. The molecule has 4 aromatic rings. The second-order valence-electron chi connectivity index (χ2n) is 7.40. The van der Waals surface area contributed by atoms with Crippen LogP contribution in [-0.2, 0) is 16.1 Å². The van der Waals surface area contributed by atoms with Gasteiger partial charge in [-0.25, -0.2) is 8.78 Å². The summed E-state index contributed by atoms with van der Waals surface area (Å²) < 4.78 is 29.8. The molecule has 2 aromatic heterocycles. The number of carbonyl (C=O) groups excluding carboxylic acids is 2. The number of nitrogens with zero attached hydrogens (tertiary/aromatic N) is 1. The highest BCUT2D eigenvalue weighted by atomic mass is 19.1. The highest BCUT2D eigenvalue weighted by molar-refractivity contribution is 6.50. The number of aliphatic hydroxyl groups excluding tert-OH is 1. The zero-order valence-corrected chi connectivity index (χ0v) is 16.2. The number of amides is 2. The molecule has 2 amide bonds. The van der Waals surface area contributed by atoms with E-state index < -0.39 is 23.4 Å². The maximum atomic E-state index is 14.1. The molecule has 0 saturated carbocycles. The average molecular weight is 421 g/mol. The molecule has 0 unspecified atom stereocenters. The molecule has 3 heterocycles. The van der Waals surface area contributed by atoms with Gasteiger partial charge in [-0.1, -0.05) is 0 Å². The van der Waals surface area contributed by atoms with Gasteiger partial charge in [0.25, 0.3) is 11.8 Å². The minimum atomic E-state index is -0.601. The first-order valence-corrected chi connectivity index (χ1v) is 9.74. The fraction of sp³-hybridized carbons (Fsp3) is 0.130. The maximum Gasteiger partial charge on any atom is 0.259 e. The SMILES string of the molecule is O=C1NC(=O)C(c2cn(CCCO)c3ccc(F)cc23)=C1c1c[nH]c2ccc(F)cc12. The summed E-state index contributed by atoms with van der Waals surface area (Å²) in [5.74, 6) is -2.15. The third kappa shape index (κ3) is 3.03. The van der Waals surface area contributed by atoms with Gasteiger partial charge in [0.05, 0.1) is 11.1 Å². The molecule has 2 aromatic carbocycles. The molecule has 8 heteroatoms. The number of H-pyrrole nitrogens is 1. The van der Waals surface area contributed by atoms with Crippen LogP contribution in [0.25, 0.3) is 33.0 Å². The Balaban J connectivity index is 1.81. The topological polar surface area (TPSA) is 87.1 Å². The number of nitrogens with one attached hydrogen (secondary N) is 2. The smallest absolute Gasteiger partial charge is 0.259 e. The Kier molecular flexibility index (Phi) is 4.44. The number of benzene rings is 2. The van der Waals surface area contributed by atoms with Crippen molar-refractivity contribution in [2.24, 2.45) is 0 Å². The molecule has 1 aliphatic heterocycles. The fourth-order valence-corrected chi connectivity index (χ4v) is 4.16. The average Bonchev–Trinajstić information content (AvgIpc) is 3.38. The highest BCUT2D eigenvalue weighted by Crippen LogP contribution is 2.38. The van der Waals surface area contributed by atoms with Crippen molar-refractivity contribution >= 4 is 44.8 Å². The summed E-state index contributed by atoms with van der Waals surface area (Å²) in [5, 5.41) is 12.5. The van der Waals surface area contributed by atoms with Gasteiger partial charge in [0.1, 0.15) is 11.6 Å². The van der Waals surface area contributed by atoms with E-state index in [9.17, 15) is 23.5 Å². The number of fused-ring (bicyclic) bond motifs is 2. The number of imide groups is 1. The Bertz CT molecular complexity index is 1410. The lowest BCUT2D eigenvalue weighted by atomic mass is 9.95. The van der Waals surface area contributed by atoms with Crippen molar-refractivity contribution < 1.29 is 23.5 Å². The molecule has 0 fully saturated rings. The van der Waals surface area contributed by atoms with E-state index >= 15 is 0 Å². The normalized spacial score (nSPS) is 14.3. The molecule has 0 aliphatic carbocycles. The van der Waals surface area contributed by atoms with Gasteiger partial charge in [-0.2, -0.15) is 0 Å². The zero-order chi connectivity index (χ0) is 21.7. The molecule has 156 valence electrons. The predicted octanol–water partition coefficient (Wildman–Crippen LogP) is 3.35. The van der Waals surface area contributed by atoms with Gasteiger partial charge in [-0.15, -0.1) is 0 Å². The predicted molar refractivity (Wildman–Crippen MR) is 112 cm³/mol. The van der Waals surface area contributed by atoms with Gasteiger partial charge in [0.2, 0.25) is 0 Å². The minimum Gasteiger partial charge on any atom is -0.396 e. The van der Waals surface area contributed by atoms with Crippen molar-refractivity contribution in [3.63, 3.8) is 0 Å². The van der Waals surface area contributed by atoms with Gasteiger partial charge in [0, 0.05) is 58.5 Å². The van der Waals surface area contributed by atoms with Gasteiger partial charge in [0.15, 0.2) is 0 Å².